The fourth-order valence-electron chi connectivity index (χ4n) is 3.68. The second-order valence-corrected chi connectivity index (χ2v) is 7.47. The third kappa shape index (κ3) is 4.60. The van der Waals surface area contributed by atoms with Crippen LogP contribution in [0, 0.1) is 5.92 Å². The van der Waals surface area contributed by atoms with Crippen molar-refractivity contribution >= 4 is 22.8 Å². The summed E-state index contributed by atoms with van der Waals surface area (Å²) in [5.74, 6) is 0.349. The van der Waals surface area contributed by atoms with E-state index in [0.717, 1.165) is 61.1 Å². The Morgan fingerprint density at radius 3 is 2.79 bits per heavy atom. The molecule has 3 aromatic rings. The maximum atomic E-state index is 12.7. The quantitative estimate of drug-likeness (QED) is 0.691. The van der Waals surface area contributed by atoms with E-state index in [4.69, 9.17) is 4.74 Å². The van der Waals surface area contributed by atoms with Gasteiger partial charge in [0, 0.05) is 50.0 Å². The molecule has 0 radical (unpaired) electrons. The van der Waals surface area contributed by atoms with Crippen LogP contribution in [0.25, 0.3) is 22.0 Å². The number of hydrogen-bond donors (Lipinski definition) is 1. The van der Waals surface area contributed by atoms with Gasteiger partial charge in [-0.2, -0.15) is 5.10 Å². The number of ether oxygens (including phenoxy) is 1. The minimum atomic E-state index is -0.00480. The summed E-state index contributed by atoms with van der Waals surface area (Å²) in [6, 6.07) is 6.01. The van der Waals surface area contributed by atoms with Crippen molar-refractivity contribution in [2.45, 2.75) is 12.8 Å². The number of aryl methyl sites for hydroxylation is 1. The normalized spacial score (nSPS) is 15.7. The van der Waals surface area contributed by atoms with Gasteiger partial charge in [-0.1, -0.05) is 12.1 Å². The highest BCUT2D eigenvalue weighted by Gasteiger charge is 2.25. The first-order valence-corrected chi connectivity index (χ1v) is 9.90. The summed E-state index contributed by atoms with van der Waals surface area (Å²) >= 11 is 0. The van der Waals surface area contributed by atoms with E-state index in [2.05, 4.69) is 25.3 Å². The van der Waals surface area contributed by atoms with Gasteiger partial charge in [-0.15, -0.1) is 0 Å². The van der Waals surface area contributed by atoms with Crippen LogP contribution in [0.3, 0.4) is 0 Å². The Balaban J connectivity index is 1.43. The highest BCUT2D eigenvalue weighted by molar-refractivity contribution is 5.92. The van der Waals surface area contributed by atoms with Gasteiger partial charge < -0.3 is 9.64 Å². The van der Waals surface area contributed by atoms with E-state index in [-0.39, 0.29) is 11.8 Å². The first-order valence-electron chi connectivity index (χ1n) is 9.90. The lowest BCUT2D eigenvalue weighted by Gasteiger charge is -2.30. The number of rotatable bonds is 6. The minimum absolute atomic E-state index is 0.000782. The lowest BCUT2D eigenvalue weighted by Crippen LogP contribution is -2.39. The van der Waals surface area contributed by atoms with Gasteiger partial charge in [0.15, 0.2) is 0 Å². The van der Waals surface area contributed by atoms with Crippen molar-refractivity contribution in [1.29, 1.82) is 0 Å². The molecule has 0 atom stereocenters. The smallest absolute Gasteiger partial charge is 0.229 e. The molecule has 1 saturated heterocycles. The van der Waals surface area contributed by atoms with E-state index >= 15 is 0 Å². The molecule has 1 aliphatic heterocycles. The average Bonchev–Trinajstić information content (AvgIpc) is 3.18. The molecule has 0 spiro atoms. The SMILES string of the molecule is COCCN1CCC(C(=O)Nc2ncc3ccc(-c4cnn(C)c4)cc3n2)CC1. The zero-order chi connectivity index (χ0) is 20.2. The van der Waals surface area contributed by atoms with Crippen LogP contribution in [-0.4, -0.2) is 63.9 Å². The molecule has 0 saturated carbocycles. The van der Waals surface area contributed by atoms with Gasteiger partial charge in [0.1, 0.15) is 0 Å². The molecule has 152 valence electrons. The Morgan fingerprint density at radius 2 is 2.07 bits per heavy atom. The first kappa shape index (κ1) is 19.5. The van der Waals surface area contributed by atoms with Crippen molar-refractivity contribution in [3.05, 3.63) is 36.8 Å². The van der Waals surface area contributed by atoms with E-state index in [1.54, 1.807) is 18.0 Å². The highest BCUT2D eigenvalue weighted by Crippen LogP contribution is 2.24. The second-order valence-electron chi connectivity index (χ2n) is 7.47. The summed E-state index contributed by atoms with van der Waals surface area (Å²) in [4.78, 5) is 23.9. The number of nitrogens with one attached hydrogen (secondary N) is 1. The molecular weight excluding hydrogens is 368 g/mol. The standard InChI is InChI=1S/C21H26N6O2/c1-26-14-18(13-23-26)16-3-4-17-12-22-21(24-19(17)11-16)25-20(28)15-5-7-27(8-6-15)9-10-29-2/h3-4,11-15H,5-10H2,1-2H3,(H,22,24,25,28). The lowest BCUT2D eigenvalue weighted by molar-refractivity contribution is -0.121. The number of likely N-dealkylation sites (tertiary alicyclic amines) is 1. The molecular formula is C21H26N6O2. The van der Waals surface area contributed by atoms with Gasteiger partial charge in [-0.3, -0.25) is 14.8 Å². The Bertz CT molecular complexity index is 994. The van der Waals surface area contributed by atoms with E-state index in [9.17, 15) is 4.79 Å². The molecule has 1 aromatic carbocycles. The van der Waals surface area contributed by atoms with Gasteiger partial charge in [0.2, 0.25) is 11.9 Å². The summed E-state index contributed by atoms with van der Waals surface area (Å²) < 4.78 is 6.90. The Labute approximate surface area is 169 Å². The van der Waals surface area contributed by atoms with E-state index in [0.29, 0.717) is 5.95 Å². The maximum Gasteiger partial charge on any atom is 0.229 e. The zero-order valence-electron chi connectivity index (χ0n) is 16.8. The minimum Gasteiger partial charge on any atom is -0.383 e. The van der Waals surface area contributed by atoms with Crippen molar-refractivity contribution in [3.63, 3.8) is 0 Å². The number of amides is 1. The van der Waals surface area contributed by atoms with Gasteiger partial charge in [-0.25, -0.2) is 9.97 Å². The number of carbonyl (C=O) groups is 1. The summed E-state index contributed by atoms with van der Waals surface area (Å²) in [6.07, 6.45) is 7.22. The number of fused-ring (bicyclic) bond motifs is 1. The van der Waals surface area contributed by atoms with Gasteiger partial charge in [0.25, 0.3) is 0 Å². The Hall–Kier alpha value is -2.84. The van der Waals surface area contributed by atoms with E-state index in [1.165, 1.54) is 0 Å². The third-order valence-electron chi connectivity index (χ3n) is 5.43. The van der Waals surface area contributed by atoms with Crippen LogP contribution in [0.15, 0.2) is 36.8 Å². The molecule has 8 heteroatoms. The van der Waals surface area contributed by atoms with Crippen LogP contribution in [0.2, 0.25) is 0 Å². The molecule has 1 aliphatic rings. The number of aromatic nitrogens is 4. The molecule has 29 heavy (non-hydrogen) atoms. The maximum absolute atomic E-state index is 12.7. The fourth-order valence-corrected chi connectivity index (χ4v) is 3.68. The summed E-state index contributed by atoms with van der Waals surface area (Å²) in [5.41, 5.74) is 2.86. The van der Waals surface area contributed by atoms with Gasteiger partial charge in [-0.05, 0) is 37.6 Å². The third-order valence-corrected chi connectivity index (χ3v) is 5.43. The molecule has 0 aliphatic carbocycles. The van der Waals surface area contributed by atoms with Crippen molar-refractivity contribution < 1.29 is 9.53 Å². The van der Waals surface area contributed by atoms with Crippen LogP contribution in [-0.2, 0) is 16.6 Å². The fraction of sp³-hybridized carbons (Fsp3) is 0.429. The Kier molecular flexibility index (Phi) is 5.82. The van der Waals surface area contributed by atoms with Crippen LogP contribution >= 0.6 is 0 Å². The monoisotopic (exact) mass is 394 g/mol. The number of anilines is 1. The predicted octanol–water partition coefficient (Wildman–Crippen LogP) is 2.33. The van der Waals surface area contributed by atoms with Crippen molar-refractivity contribution in [1.82, 2.24) is 24.6 Å². The van der Waals surface area contributed by atoms with Crippen molar-refractivity contribution in [2.75, 3.05) is 38.7 Å². The number of methoxy groups -OCH3 is 1. The van der Waals surface area contributed by atoms with Crippen LogP contribution < -0.4 is 5.32 Å². The summed E-state index contributed by atoms with van der Waals surface area (Å²) in [5, 5.41) is 8.06. The molecule has 1 amide bonds. The molecule has 0 unspecified atom stereocenters. The van der Waals surface area contributed by atoms with E-state index < -0.39 is 0 Å². The molecule has 1 fully saturated rings. The molecule has 0 bridgehead atoms. The predicted molar refractivity (Wildman–Crippen MR) is 111 cm³/mol. The molecule has 1 N–H and O–H groups in total. The first-order chi connectivity index (χ1) is 14.1. The topological polar surface area (TPSA) is 85.2 Å². The average molecular weight is 394 g/mol. The van der Waals surface area contributed by atoms with Crippen LogP contribution in [0.4, 0.5) is 5.95 Å². The Morgan fingerprint density at radius 1 is 1.24 bits per heavy atom. The lowest BCUT2D eigenvalue weighted by atomic mass is 9.96. The largest absolute Gasteiger partial charge is 0.383 e. The highest BCUT2D eigenvalue weighted by atomic mass is 16.5. The van der Waals surface area contributed by atoms with Crippen LogP contribution in [0.5, 0.6) is 0 Å². The number of benzene rings is 1. The molecule has 4 rings (SSSR count). The summed E-state index contributed by atoms with van der Waals surface area (Å²) in [6.45, 7) is 3.46. The number of piperidine rings is 1. The molecule has 2 aromatic heterocycles. The summed E-state index contributed by atoms with van der Waals surface area (Å²) in [7, 11) is 3.60. The number of hydrogen-bond acceptors (Lipinski definition) is 6. The van der Waals surface area contributed by atoms with Crippen molar-refractivity contribution in [3.8, 4) is 11.1 Å². The van der Waals surface area contributed by atoms with E-state index in [1.807, 2.05) is 37.6 Å². The number of nitrogens with zero attached hydrogens (tertiary/aromatic N) is 5. The number of carbonyl (C=O) groups excluding carboxylic acids is 1. The van der Waals surface area contributed by atoms with Gasteiger partial charge >= 0.3 is 0 Å². The molecule has 8 nitrogen and oxygen atoms in total. The molecule has 3 heterocycles. The van der Waals surface area contributed by atoms with Gasteiger partial charge in [0.05, 0.1) is 18.3 Å². The van der Waals surface area contributed by atoms with Crippen molar-refractivity contribution in [2.24, 2.45) is 13.0 Å². The second kappa shape index (κ2) is 8.67. The van der Waals surface area contributed by atoms with Crippen LogP contribution in [0.1, 0.15) is 12.8 Å². The zero-order valence-corrected chi connectivity index (χ0v) is 16.8.